The molecule has 4 aliphatic rings. The van der Waals surface area contributed by atoms with Gasteiger partial charge in [0.05, 0.1) is 0 Å². The molecule has 1 saturated carbocycles. The molecule has 5 nitrogen and oxygen atoms in total. The molecule has 4 aromatic carbocycles. The van der Waals surface area contributed by atoms with Gasteiger partial charge in [-0.15, -0.1) is 0 Å². The average molecular weight is 673 g/mol. The van der Waals surface area contributed by atoms with E-state index in [0.717, 1.165) is 28.7 Å². The van der Waals surface area contributed by atoms with Gasteiger partial charge < -0.3 is 19.7 Å². The summed E-state index contributed by atoms with van der Waals surface area (Å²) in [5.74, 6) is 0.296. The number of fused-ring (bicyclic) bond motifs is 1. The predicted molar refractivity (Wildman–Crippen MR) is 199 cm³/mol. The molecular formula is C45H52O5. The molecule has 0 unspecified atom stereocenters. The van der Waals surface area contributed by atoms with Gasteiger partial charge in [-0.25, -0.2) is 0 Å². The molecule has 2 fully saturated rings. The highest BCUT2D eigenvalue weighted by Gasteiger charge is 2.62. The van der Waals surface area contributed by atoms with Crippen molar-refractivity contribution in [2.45, 2.75) is 97.9 Å². The van der Waals surface area contributed by atoms with Crippen LogP contribution in [0.25, 0.3) is 0 Å². The molecule has 3 aliphatic carbocycles. The van der Waals surface area contributed by atoms with Gasteiger partial charge in [-0.3, -0.25) is 4.79 Å². The summed E-state index contributed by atoms with van der Waals surface area (Å²) in [7, 11) is 0. The van der Waals surface area contributed by atoms with E-state index in [9.17, 15) is 15.0 Å². The van der Waals surface area contributed by atoms with Gasteiger partial charge >= 0.3 is 0 Å². The van der Waals surface area contributed by atoms with Gasteiger partial charge in [-0.2, -0.15) is 0 Å². The first-order valence-corrected chi connectivity index (χ1v) is 17.8. The van der Waals surface area contributed by atoms with Gasteiger partial charge in [0, 0.05) is 5.92 Å². The maximum Gasteiger partial charge on any atom is 0.164 e. The van der Waals surface area contributed by atoms with E-state index < -0.39 is 29.2 Å². The highest BCUT2D eigenvalue weighted by atomic mass is 16.8. The minimum atomic E-state index is -1.63. The molecule has 262 valence electrons. The second-order valence-electron chi connectivity index (χ2n) is 15.7. The summed E-state index contributed by atoms with van der Waals surface area (Å²) >= 11 is 0. The van der Waals surface area contributed by atoms with Crippen molar-refractivity contribution in [3.63, 3.8) is 0 Å². The Balaban J connectivity index is 0.000000331. The standard InChI is InChI=1S/C35H38O4.C10H14O/c1-23-15-7-11-19-27(23)34(36,28-20-12-8-16-24(28)2)31-32(39-33(5,6)38-31)35(37,29-21-13-9-17-25(29)3)30-22-14-10-18-26(30)4;1-6-4-9(11)8-5-7(6)10(8,2)3/h7-22,31-32,36-37H,1-6H3;4,7-8H,5H2,1-3H3/t31-,32-;7-,8+/m10/s1. The first kappa shape index (κ1) is 35.9. The van der Waals surface area contributed by atoms with Gasteiger partial charge in [0.25, 0.3) is 0 Å². The van der Waals surface area contributed by atoms with Crippen LogP contribution in [-0.2, 0) is 25.5 Å². The van der Waals surface area contributed by atoms with Crippen molar-refractivity contribution in [2.75, 3.05) is 0 Å². The Bertz CT molecular complexity index is 1730. The molecule has 0 spiro atoms. The maximum absolute atomic E-state index is 13.1. The van der Waals surface area contributed by atoms with Crippen LogP contribution in [0.5, 0.6) is 0 Å². The number of aryl methyl sites for hydroxylation is 4. The smallest absolute Gasteiger partial charge is 0.164 e. The second kappa shape index (κ2) is 13.0. The quantitative estimate of drug-likeness (QED) is 0.214. The summed E-state index contributed by atoms with van der Waals surface area (Å²) in [6.45, 7) is 18.1. The monoisotopic (exact) mass is 672 g/mol. The second-order valence-corrected chi connectivity index (χ2v) is 15.7. The highest BCUT2D eigenvalue weighted by molar-refractivity contribution is 5.95. The Hall–Kier alpha value is -3.87. The van der Waals surface area contributed by atoms with Crippen molar-refractivity contribution in [3.8, 4) is 0 Å². The van der Waals surface area contributed by atoms with Gasteiger partial charge in [0.15, 0.2) is 11.6 Å². The summed E-state index contributed by atoms with van der Waals surface area (Å²) in [4.78, 5) is 11.4. The Morgan fingerprint density at radius 2 is 0.880 bits per heavy atom. The summed E-state index contributed by atoms with van der Waals surface area (Å²) in [6.07, 6.45) is 1.02. The molecule has 8 rings (SSSR count). The van der Waals surface area contributed by atoms with Crippen molar-refractivity contribution in [2.24, 2.45) is 17.3 Å². The number of carbonyl (C=O) groups is 1. The minimum absolute atomic E-state index is 0.260. The maximum atomic E-state index is 13.1. The van der Waals surface area contributed by atoms with E-state index in [2.05, 4.69) is 20.8 Å². The van der Waals surface area contributed by atoms with Crippen LogP contribution in [0.3, 0.4) is 0 Å². The minimum Gasteiger partial charge on any atom is -0.377 e. The number of ether oxygens (including phenoxy) is 2. The summed E-state index contributed by atoms with van der Waals surface area (Å²) in [6, 6.07) is 31.3. The van der Waals surface area contributed by atoms with Crippen LogP contribution in [0.2, 0.25) is 0 Å². The van der Waals surface area contributed by atoms with Crippen LogP contribution in [0, 0.1) is 44.9 Å². The number of rotatable bonds is 6. The lowest BCUT2D eigenvalue weighted by molar-refractivity contribution is -0.172. The number of ketones is 1. The highest BCUT2D eigenvalue weighted by Crippen LogP contribution is 2.57. The molecule has 2 bridgehead atoms. The lowest BCUT2D eigenvalue weighted by Gasteiger charge is -2.54. The fourth-order valence-corrected chi connectivity index (χ4v) is 8.88. The van der Waals surface area contributed by atoms with Crippen molar-refractivity contribution < 1.29 is 24.5 Å². The summed E-state index contributed by atoms with van der Waals surface area (Å²) in [5.41, 5.74) is 4.84. The molecule has 50 heavy (non-hydrogen) atoms. The Kier molecular flexibility index (Phi) is 9.37. The van der Waals surface area contributed by atoms with E-state index in [0.29, 0.717) is 39.9 Å². The normalized spacial score (nSPS) is 23.7. The third-order valence-electron chi connectivity index (χ3n) is 11.7. The lowest BCUT2D eigenvalue weighted by atomic mass is 9.49. The Morgan fingerprint density at radius 3 is 1.14 bits per heavy atom. The van der Waals surface area contributed by atoms with Crippen molar-refractivity contribution in [1.82, 2.24) is 0 Å². The van der Waals surface area contributed by atoms with Crippen LogP contribution in [-0.4, -0.2) is 34.0 Å². The lowest BCUT2D eigenvalue weighted by Crippen LogP contribution is -2.55. The van der Waals surface area contributed by atoms with Crippen molar-refractivity contribution in [1.29, 1.82) is 0 Å². The zero-order valence-electron chi connectivity index (χ0n) is 31.0. The number of hydrogen-bond donors (Lipinski definition) is 2. The van der Waals surface area contributed by atoms with Crippen molar-refractivity contribution in [3.05, 3.63) is 153 Å². The molecular weight excluding hydrogens is 620 g/mol. The van der Waals surface area contributed by atoms with Crippen LogP contribution in [0.4, 0.5) is 0 Å². The SMILES string of the molecule is CC1=CC(=O)[C@H]2C[C@@H]1C2(C)C.Cc1ccccc1C(O)(c1ccccc1C)[C@@H]1OC(C)(C)O[C@H]1C(O)(c1ccccc1C)c1ccccc1C. The molecule has 0 radical (unpaired) electrons. The summed E-state index contributed by atoms with van der Waals surface area (Å²) < 4.78 is 13.4. The number of carbonyl (C=O) groups excluding carboxylic acids is 1. The van der Waals surface area contributed by atoms with E-state index >= 15 is 0 Å². The number of benzene rings is 4. The van der Waals surface area contributed by atoms with Gasteiger partial charge in [-0.1, -0.05) is 116 Å². The molecule has 1 saturated heterocycles. The topological polar surface area (TPSA) is 76.0 Å². The van der Waals surface area contributed by atoms with E-state index in [1.807, 2.05) is 145 Å². The van der Waals surface area contributed by atoms with Crippen LogP contribution in [0.15, 0.2) is 109 Å². The van der Waals surface area contributed by atoms with Crippen LogP contribution < -0.4 is 0 Å². The first-order valence-electron chi connectivity index (χ1n) is 17.8. The Morgan fingerprint density at radius 1 is 0.560 bits per heavy atom. The van der Waals surface area contributed by atoms with E-state index in [-0.39, 0.29) is 5.41 Å². The molecule has 0 amide bonds. The fraction of sp³-hybridized carbons (Fsp3) is 0.400. The molecule has 0 aromatic heterocycles. The molecule has 4 atom stereocenters. The number of aliphatic hydroxyl groups is 2. The third kappa shape index (κ3) is 5.88. The van der Waals surface area contributed by atoms with Gasteiger partial charge in [0.2, 0.25) is 0 Å². The molecule has 1 heterocycles. The van der Waals surface area contributed by atoms with Gasteiger partial charge in [-0.05, 0) is 117 Å². The fourth-order valence-electron chi connectivity index (χ4n) is 8.88. The van der Waals surface area contributed by atoms with Crippen molar-refractivity contribution >= 4 is 5.78 Å². The summed E-state index contributed by atoms with van der Waals surface area (Å²) in [5, 5.41) is 26.2. The van der Waals surface area contributed by atoms with E-state index in [1.165, 1.54) is 5.57 Å². The largest absolute Gasteiger partial charge is 0.377 e. The van der Waals surface area contributed by atoms with E-state index in [1.54, 1.807) is 0 Å². The number of hydrogen-bond acceptors (Lipinski definition) is 5. The molecule has 5 heteroatoms. The Labute approximate surface area is 298 Å². The molecule has 1 aliphatic heterocycles. The van der Waals surface area contributed by atoms with E-state index in [4.69, 9.17) is 9.47 Å². The predicted octanol–water partition coefficient (Wildman–Crippen LogP) is 8.79. The third-order valence-corrected chi connectivity index (χ3v) is 11.7. The molecule has 2 N–H and O–H groups in total. The average Bonchev–Trinajstić information content (AvgIpc) is 3.41. The first-order chi connectivity index (χ1) is 23.5. The molecule has 4 aromatic rings. The number of allylic oxidation sites excluding steroid dienone is 2. The van der Waals surface area contributed by atoms with Crippen LogP contribution >= 0.6 is 0 Å². The zero-order chi connectivity index (χ0) is 36.2. The van der Waals surface area contributed by atoms with Crippen LogP contribution in [0.1, 0.15) is 85.5 Å². The zero-order valence-corrected chi connectivity index (χ0v) is 31.0. The van der Waals surface area contributed by atoms with Gasteiger partial charge in [0.1, 0.15) is 23.4 Å².